The fourth-order valence-corrected chi connectivity index (χ4v) is 3.05. The van der Waals surface area contributed by atoms with E-state index in [1.807, 2.05) is 0 Å². The molecule has 1 saturated carbocycles. The predicted molar refractivity (Wildman–Crippen MR) is 84.2 cm³/mol. The summed E-state index contributed by atoms with van der Waals surface area (Å²) in [6.07, 6.45) is 5.39. The first kappa shape index (κ1) is 15.8. The molecule has 0 bridgehead atoms. The van der Waals surface area contributed by atoms with Crippen molar-refractivity contribution in [2.45, 2.75) is 38.1 Å². The third kappa shape index (κ3) is 3.74. The number of benzene rings is 1. The van der Waals surface area contributed by atoms with Gasteiger partial charge in [-0.05, 0) is 18.9 Å². The zero-order valence-electron chi connectivity index (χ0n) is 12.5. The van der Waals surface area contributed by atoms with Crippen LogP contribution in [0.2, 0.25) is 5.02 Å². The van der Waals surface area contributed by atoms with Crippen LogP contribution in [0.5, 0.6) is 11.5 Å². The standard InChI is InChI=1S/C16H21ClN2O2/c1-20-15-9-16(21-2)14(8-12(15)17)19-13-7-5-3-4-6-11(13)10-18/h8-9,11,13,19H,3-7H2,1-2H3. The van der Waals surface area contributed by atoms with Gasteiger partial charge in [-0.25, -0.2) is 0 Å². The van der Waals surface area contributed by atoms with Crippen molar-refractivity contribution in [3.8, 4) is 17.6 Å². The van der Waals surface area contributed by atoms with Gasteiger partial charge in [0, 0.05) is 12.1 Å². The van der Waals surface area contributed by atoms with E-state index in [0.717, 1.165) is 31.4 Å². The maximum Gasteiger partial charge on any atom is 0.145 e. The van der Waals surface area contributed by atoms with Gasteiger partial charge in [-0.1, -0.05) is 30.9 Å². The molecule has 0 heterocycles. The lowest BCUT2D eigenvalue weighted by atomic mass is 9.96. The lowest BCUT2D eigenvalue weighted by Crippen LogP contribution is -2.27. The molecule has 1 aliphatic rings. The van der Waals surface area contributed by atoms with Gasteiger partial charge in [0.15, 0.2) is 0 Å². The van der Waals surface area contributed by atoms with Crippen molar-refractivity contribution in [2.75, 3.05) is 19.5 Å². The first-order valence-electron chi connectivity index (χ1n) is 7.27. The van der Waals surface area contributed by atoms with E-state index in [9.17, 15) is 5.26 Å². The van der Waals surface area contributed by atoms with Crippen LogP contribution in [0.4, 0.5) is 5.69 Å². The molecule has 0 aliphatic heterocycles. The van der Waals surface area contributed by atoms with E-state index in [1.165, 1.54) is 6.42 Å². The van der Waals surface area contributed by atoms with Crippen molar-refractivity contribution in [1.29, 1.82) is 5.26 Å². The highest BCUT2D eigenvalue weighted by Crippen LogP contribution is 2.37. The summed E-state index contributed by atoms with van der Waals surface area (Å²) in [4.78, 5) is 0. The number of hydrogen-bond donors (Lipinski definition) is 1. The highest BCUT2D eigenvalue weighted by Gasteiger charge is 2.24. The third-order valence-corrected chi connectivity index (χ3v) is 4.29. The number of rotatable bonds is 4. The number of nitriles is 1. The first-order chi connectivity index (χ1) is 10.2. The van der Waals surface area contributed by atoms with Crippen LogP contribution in [0, 0.1) is 17.2 Å². The molecule has 2 atom stereocenters. The van der Waals surface area contributed by atoms with Crippen molar-refractivity contribution >= 4 is 17.3 Å². The van der Waals surface area contributed by atoms with Crippen LogP contribution < -0.4 is 14.8 Å². The van der Waals surface area contributed by atoms with Gasteiger partial charge in [-0.2, -0.15) is 5.26 Å². The lowest BCUT2D eigenvalue weighted by Gasteiger charge is -2.24. The van der Waals surface area contributed by atoms with Crippen molar-refractivity contribution in [3.63, 3.8) is 0 Å². The summed E-state index contributed by atoms with van der Waals surface area (Å²) in [6, 6.07) is 6.13. The fraction of sp³-hybridized carbons (Fsp3) is 0.562. The Bertz CT molecular complexity index is 528. The minimum absolute atomic E-state index is 0.0260. The van der Waals surface area contributed by atoms with Gasteiger partial charge in [0.05, 0.1) is 36.9 Å². The quantitative estimate of drug-likeness (QED) is 0.845. The maximum atomic E-state index is 9.36. The van der Waals surface area contributed by atoms with E-state index in [2.05, 4.69) is 11.4 Å². The monoisotopic (exact) mass is 308 g/mol. The molecule has 114 valence electrons. The Morgan fingerprint density at radius 1 is 1.14 bits per heavy atom. The van der Waals surface area contributed by atoms with E-state index >= 15 is 0 Å². The van der Waals surface area contributed by atoms with E-state index in [1.54, 1.807) is 26.4 Å². The second-order valence-corrected chi connectivity index (χ2v) is 5.72. The SMILES string of the molecule is COc1cc(OC)c(NC2CCCCCC2C#N)cc1Cl. The van der Waals surface area contributed by atoms with Gasteiger partial charge in [0.1, 0.15) is 11.5 Å². The summed E-state index contributed by atoms with van der Waals surface area (Å²) < 4.78 is 10.6. The van der Waals surface area contributed by atoms with Gasteiger partial charge in [0.2, 0.25) is 0 Å². The number of nitrogens with one attached hydrogen (secondary N) is 1. The average Bonchev–Trinajstić information content (AvgIpc) is 2.72. The van der Waals surface area contributed by atoms with Gasteiger partial charge in [0.25, 0.3) is 0 Å². The molecule has 1 N–H and O–H groups in total. The molecule has 1 aromatic carbocycles. The van der Waals surface area contributed by atoms with E-state index in [0.29, 0.717) is 16.5 Å². The number of halogens is 1. The summed E-state index contributed by atoms with van der Waals surface area (Å²) in [5, 5.41) is 13.3. The molecular weight excluding hydrogens is 288 g/mol. The van der Waals surface area contributed by atoms with Crippen molar-refractivity contribution in [1.82, 2.24) is 0 Å². The Labute approximate surface area is 131 Å². The Morgan fingerprint density at radius 3 is 2.52 bits per heavy atom. The van der Waals surface area contributed by atoms with Crippen LogP contribution in [-0.2, 0) is 0 Å². The average molecular weight is 309 g/mol. The summed E-state index contributed by atoms with van der Waals surface area (Å²) in [6.45, 7) is 0. The number of ether oxygens (including phenoxy) is 2. The topological polar surface area (TPSA) is 54.3 Å². The molecule has 0 aromatic heterocycles. The zero-order valence-corrected chi connectivity index (χ0v) is 13.2. The van der Waals surface area contributed by atoms with Crippen LogP contribution in [0.1, 0.15) is 32.1 Å². The van der Waals surface area contributed by atoms with Crippen LogP contribution in [-0.4, -0.2) is 20.3 Å². The number of anilines is 1. The highest BCUT2D eigenvalue weighted by atomic mass is 35.5. The predicted octanol–water partition coefficient (Wildman–Crippen LogP) is 4.24. The largest absolute Gasteiger partial charge is 0.495 e. The van der Waals surface area contributed by atoms with Crippen LogP contribution >= 0.6 is 11.6 Å². The van der Waals surface area contributed by atoms with Gasteiger partial charge in [-0.15, -0.1) is 0 Å². The number of hydrogen-bond acceptors (Lipinski definition) is 4. The molecule has 1 aromatic rings. The molecular formula is C16H21ClN2O2. The van der Waals surface area contributed by atoms with E-state index < -0.39 is 0 Å². The number of methoxy groups -OCH3 is 2. The highest BCUT2D eigenvalue weighted by molar-refractivity contribution is 6.32. The molecule has 4 nitrogen and oxygen atoms in total. The molecule has 1 fully saturated rings. The molecule has 1 aliphatic carbocycles. The Morgan fingerprint density at radius 2 is 1.86 bits per heavy atom. The van der Waals surface area contributed by atoms with Crippen molar-refractivity contribution in [2.24, 2.45) is 5.92 Å². The van der Waals surface area contributed by atoms with Crippen LogP contribution in [0.3, 0.4) is 0 Å². The smallest absolute Gasteiger partial charge is 0.145 e. The summed E-state index contributed by atoms with van der Waals surface area (Å²) in [5.41, 5.74) is 0.815. The summed E-state index contributed by atoms with van der Waals surface area (Å²) >= 11 is 6.19. The zero-order chi connectivity index (χ0) is 15.2. The third-order valence-electron chi connectivity index (χ3n) is 4.00. The minimum Gasteiger partial charge on any atom is -0.495 e. The molecule has 2 rings (SSSR count). The van der Waals surface area contributed by atoms with Crippen LogP contribution in [0.15, 0.2) is 12.1 Å². The maximum absolute atomic E-state index is 9.36. The van der Waals surface area contributed by atoms with Gasteiger partial charge < -0.3 is 14.8 Å². The van der Waals surface area contributed by atoms with Crippen LogP contribution in [0.25, 0.3) is 0 Å². The molecule has 0 radical (unpaired) electrons. The van der Waals surface area contributed by atoms with E-state index in [4.69, 9.17) is 21.1 Å². The Hall–Kier alpha value is -1.60. The summed E-state index contributed by atoms with van der Waals surface area (Å²) in [5.74, 6) is 1.28. The first-order valence-corrected chi connectivity index (χ1v) is 7.65. The normalized spacial score (nSPS) is 22.0. The summed E-state index contributed by atoms with van der Waals surface area (Å²) in [7, 11) is 3.19. The molecule has 0 saturated heterocycles. The molecule has 5 heteroatoms. The second-order valence-electron chi connectivity index (χ2n) is 5.31. The molecule has 2 unspecified atom stereocenters. The molecule has 21 heavy (non-hydrogen) atoms. The van der Waals surface area contributed by atoms with Gasteiger partial charge >= 0.3 is 0 Å². The number of nitrogens with zero attached hydrogens (tertiary/aromatic N) is 1. The van der Waals surface area contributed by atoms with Crippen molar-refractivity contribution in [3.05, 3.63) is 17.2 Å². The Kier molecular flexibility index (Phi) is 5.58. The lowest BCUT2D eigenvalue weighted by molar-refractivity contribution is 0.394. The van der Waals surface area contributed by atoms with Crippen molar-refractivity contribution < 1.29 is 9.47 Å². The van der Waals surface area contributed by atoms with E-state index in [-0.39, 0.29) is 12.0 Å². The van der Waals surface area contributed by atoms with Gasteiger partial charge in [-0.3, -0.25) is 0 Å². The second kappa shape index (κ2) is 7.42. The molecule has 0 amide bonds. The fourth-order valence-electron chi connectivity index (χ4n) is 2.81. The minimum atomic E-state index is 0.0260. The molecule has 0 spiro atoms. The Balaban J connectivity index is 2.25.